The standard InChI is InChI=1S/C28H25ClFN5O3S2/c1-40(36,37)11-10-31-15-18-4-2-6-20(12-18)27-35-25-26(32-17-33-28(25)39-27)34-22-8-9-24(23(29)14-22)38-16-19-5-3-7-21(30)13-19/h2-9,12-14,17,31H,10-11,15-16H2,1H3,(H,32,33,34). The minimum absolute atomic E-state index is 0.0921. The molecule has 0 spiro atoms. The van der Waals surface area contributed by atoms with Crippen LogP contribution in [0.5, 0.6) is 5.75 Å². The zero-order valence-corrected chi connectivity index (χ0v) is 23.8. The summed E-state index contributed by atoms with van der Waals surface area (Å²) in [6.45, 7) is 1.12. The van der Waals surface area contributed by atoms with E-state index in [0.717, 1.165) is 21.0 Å². The first-order chi connectivity index (χ1) is 19.2. The molecule has 206 valence electrons. The van der Waals surface area contributed by atoms with E-state index in [-0.39, 0.29) is 18.2 Å². The lowest BCUT2D eigenvalue weighted by molar-refractivity contribution is 0.306. The van der Waals surface area contributed by atoms with Gasteiger partial charge in [0.05, 0.1) is 10.8 Å². The number of aromatic nitrogens is 3. The summed E-state index contributed by atoms with van der Waals surface area (Å²) in [6.07, 6.45) is 2.71. The van der Waals surface area contributed by atoms with Gasteiger partial charge in [-0.1, -0.05) is 53.3 Å². The Morgan fingerprint density at radius 1 is 1.02 bits per heavy atom. The maximum atomic E-state index is 13.4. The first-order valence-corrected chi connectivity index (χ1v) is 15.5. The van der Waals surface area contributed by atoms with Gasteiger partial charge in [-0.2, -0.15) is 0 Å². The average Bonchev–Trinajstić information content (AvgIpc) is 3.36. The Morgan fingerprint density at radius 3 is 2.65 bits per heavy atom. The largest absolute Gasteiger partial charge is 0.487 e. The molecule has 0 saturated heterocycles. The Labute approximate surface area is 240 Å². The van der Waals surface area contributed by atoms with Crippen molar-refractivity contribution in [3.05, 3.63) is 95.0 Å². The number of nitrogens with zero attached hydrogens (tertiary/aromatic N) is 3. The predicted octanol–water partition coefficient (Wildman–Crippen LogP) is 6.00. The molecule has 2 heterocycles. The predicted molar refractivity (Wildman–Crippen MR) is 158 cm³/mol. The van der Waals surface area contributed by atoms with Crippen molar-refractivity contribution in [1.29, 1.82) is 0 Å². The number of sulfone groups is 1. The van der Waals surface area contributed by atoms with Crippen molar-refractivity contribution >= 4 is 54.6 Å². The van der Waals surface area contributed by atoms with Crippen molar-refractivity contribution in [3.63, 3.8) is 0 Å². The van der Waals surface area contributed by atoms with Crippen molar-refractivity contribution < 1.29 is 17.5 Å². The number of halogens is 2. The Morgan fingerprint density at radius 2 is 1.85 bits per heavy atom. The Balaban J connectivity index is 1.29. The molecule has 2 aromatic heterocycles. The molecule has 0 saturated carbocycles. The Bertz CT molecular complexity index is 1760. The second-order valence-corrected chi connectivity index (χ2v) is 12.7. The van der Waals surface area contributed by atoms with Crippen LogP contribution in [0, 0.1) is 5.82 Å². The molecule has 12 heteroatoms. The first-order valence-electron chi connectivity index (χ1n) is 12.3. The summed E-state index contributed by atoms with van der Waals surface area (Å²) in [6, 6.07) is 19.4. The number of rotatable bonds is 11. The van der Waals surface area contributed by atoms with E-state index in [9.17, 15) is 12.8 Å². The number of ether oxygens (including phenoxy) is 1. The highest BCUT2D eigenvalue weighted by molar-refractivity contribution is 7.90. The minimum Gasteiger partial charge on any atom is -0.487 e. The monoisotopic (exact) mass is 597 g/mol. The second kappa shape index (κ2) is 12.3. The number of benzene rings is 3. The smallest absolute Gasteiger partial charge is 0.161 e. The molecule has 0 bridgehead atoms. The van der Waals surface area contributed by atoms with Crippen LogP contribution in [0.1, 0.15) is 11.1 Å². The summed E-state index contributed by atoms with van der Waals surface area (Å²) in [7, 11) is -3.01. The summed E-state index contributed by atoms with van der Waals surface area (Å²) < 4.78 is 41.9. The molecular weight excluding hydrogens is 573 g/mol. The van der Waals surface area contributed by atoms with Gasteiger partial charge in [0.2, 0.25) is 0 Å². The minimum atomic E-state index is -3.01. The summed E-state index contributed by atoms with van der Waals surface area (Å²) in [5, 5.41) is 7.61. The van der Waals surface area contributed by atoms with E-state index in [0.29, 0.717) is 46.4 Å². The van der Waals surface area contributed by atoms with Crippen LogP contribution in [-0.4, -0.2) is 41.9 Å². The number of anilines is 2. The van der Waals surface area contributed by atoms with E-state index in [1.807, 2.05) is 30.3 Å². The zero-order chi connectivity index (χ0) is 28.1. The van der Waals surface area contributed by atoms with Gasteiger partial charge in [0, 0.05) is 30.6 Å². The van der Waals surface area contributed by atoms with Gasteiger partial charge < -0.3 is 15.4 Å². The van der Waals surface area contributed by atoms with Gasteiger partial charge >= 0.3 is 0 Å². The molecule has 0 unspecified atom stereocenters. The number of hydrogen-bond acceptors (Lipinski definition) is 9. The molecule has 5 aromatic rings. The third-order valence-corrected chi connectivity index (χ3v) is 8.08. The normalized spacial score (nSPS) is 11.6. The summed E-state index contributed by atoms with van der Waals surface area (Å²) in [5.41, 5.74) is 3.97. The van der Waals surface area contributed by atoms with E-state index in [1.165, 1.54) is 36.1 Å². The van der Waals surface area contributed by atoms with Crippen molar-refractivity contribution in [2.24, 2.45) is 0 Å². The van der Waals surface area contributed by atoms with Crippen molar-refractivity contribution in [2.75, 3.05) is 23.9 Å². The van der Waals surface area contributed by atoms with Crippen LogP contribution in [0.4, 0.5) is 15.9 Å². The lowest BCUT2D eigenvalue weighted by Crippen LogP contribution is -2.21. The van der Waals surface area contributed by atoms with Gasteiger partial charge in [0.15, 0.2) is 5.82 Å². The summed E-state index contributed by atoms with van der Waals surface area (Å²) >= 11 is 7.91. The zero-order valence-electron chi connectivity index (χ0n) is 21.4. The van der Waals surface area contributed by atoms with Gasteiger partial charge in [-0.3, -0.25) is 0 Å². The molecule has 40 heavy (non-hydrogen) atoms. The van der Waals surface area contributed by atoms with Crippen LogP contribution >= 0.6 is 22.9 Å². The Hall–Kier alpha value is -3.64. The maximum absolute atomic E-state index is 13.4. The molecule has 0 amide bonds. The van der Waals surface area contributed by atoms with Gasteiger partial charge in [-0.15, -0.1) is 0 Å². The summed E-state index contributed by atoms with van der Waals surface area (Å²) in [5.74, 6) is 0.788. The second-order valence-electron chi connectivity index (χ2n) is 9.09. The average molecular weight is 598 g/mol. The lowest BCUT2D eigenvalue weighted by Gasteiger charge is -2.11. The molecule has 2 N–H and O–H groups in total. The molecule has 0 aliphatic carbocycles. The van der Waals surface area contributed by atoms with E-state index in [4.69, 9.17) is 21.3 Å². The Kier molecular flexibility index (Phi) is 8.55. The topological polar surface area (TPSA) is 106 Å². The number of fused-ring (bicyclic) bond motifs is 1. The first kappa shape index (κ1) is 27.9. The van der Waals surface area contributed by atoms with Gasteiger partial charge in [0.25, 0.3) is 0 Å². The molecule has 0 fully saturated rings. The van der Waals surface area contributed by atoms with Gasteiger partial charge in [0.1, 0.15) is 49.7 Å². The molecule has 8 nitrogen and oxygen atoms in total. The van der Waals surface area contributed by atoms with E-state index >= 15 is 0 Å². The fourth-order valence-electron chi connectivity index (χ4n) is 3.89. The van der Waals surface area contributed by atoms with Crippen molar-refractivity contribution in [3.8, 4) is 16.3 Å². The molecule has 0 radical (unpaired) electrons. The molecule has 0 atom stereocenters. The lowest BCUT2D eigenvalue weighted by atomic mass is 10.1. The fourth-order valence-corrected chi connectivity index (χ4v) is 5.55. The van der Waals surface area contributed by atoms with Crippen molar-refractivity contribution in [1.82, 2.24) is 20.3 Å². The highest BCUT2D eigenvalue weighted by Crippen LogP contribution is 2.34. The maximum Gasteiger partial charge on any atom is 0.161 e. The summed E-state index contributed by atoms with van der Waals surface area (Å²) in [4.78, 5) is 14.3. The van der Waals surface area contributed by atoms with Crippen LogP contribution < -0.4 is 15.4 Å². The van der Waals surface area contributed by atoms with Crippen molar-refractivity contribution in [2.45, 2.75) is 13.2 Å². The highest BCUT2D eigenvalue weighted by atomic mass is 35.5. The van der Waals surface area contributed by atoms with E-state index in [2.05, 4.69) is 20.6 Å². The molecule has 3 aromatic carbocycles. The van der Waals surface area contributed by atoms with Crippen LogP contribution in [-0.2, 0) is 23.0 Å². The van der Waals surface area contributed by atoms with Gasteiger partial charge in [-0.25, -0.2) is 27.8 Å². The number of hydrogen-bond donors (Lipinski definition) is 2. The highest BCUT2D eigenvalue weighted by Gasteiger charge is 2.14. The van der Waals surface area contributed by atoms with Crippen LogP contribution in [0.3, 0.4) is 0 Å². The number of nitrogens with one attached hydrogen (secondary N) is 2. The van der Waals surface area contributed by atoms with E-state index in [1.54, 1.807) is 24.3 Å². The number of thiazole rings is 1. The molecule has 0 aliphatic rings. The quantitative estimate of drug-likeness (QED) is 0.179. The third kappa shape index (κ3) is 7.30. The molecule has 5 rings (SSSR count). The third-order valence-electron chi connectivity index (χ3n) is 5.83. The molecule has 0 aliphatic heterocycles. The van der Waals surface area contributed by atoms with Gasteiger partial charge in [-0.05, 0) is 47.5 Å². The molecular formula is C28H25ClFN5O3S2. The van der Waals surface area contributed by atoms with Crippen LogP contribution in [0.15, 0.2) is 73.1 Å². The van der Waals surface area contributed by atoms with Crippen LogP contribution in [0.25, 0.3) is 20.9 Å². The fraction of sp³-hybridized carbons (Fsp3) is 0.179. The van der Waals surface area contributed by atoms with Crippen LogP contribution in [0.2, 0.25) is 5.02 Å². The SMILES string of the molecule is CS(=O)(=O)CCNCc1cccc(-c2nc3c(Nc4ccc(OCc5cccc(F)c5)c(Cl)c4)ncnc3s2)c1. The van der Waals surface area contributed by atoms with E-state index < -0.39 is 9.84 Å².